The quantitative estimate of drug-likeness (QED) is 0.372. The number of pyridine rings is 1. The molecule has 0 aliphatic heterocycles. The largest absolute Gasteiger partial charge is 0.475 e. The maximum absolute atomic E-state index is 11.3. The molecule has 4 aromatic rings. The average Bonchev–Trinajstić information content (AvgIpc) is 3.09. The van der Waals surface area contributed by atoms with E-state index in [0.29, 0.717) is 34.4 Å². The monoisotopic (exact) mass is 394 g/mol. The fourth-order valence-corrected chi connectivity index (χ4v) is 2.61. The molecule has 0 saturated carbocycles. The van der Waals surface area contributed by atoms with E-state index in [-0.39, 0.29) is 13.2 Å². The number of fused-ring (bicyclic) bond motifs is 1. The van der Waals surface area contributed by atoms with Crippen molar-refractivity contribution in [1.82, 2.24) is 19.9 Å². The van der Waals surface area contributed by atoms with E-state index in [2.05, 4.69) is 30.6 Å². The van der Waals surface area contributed by atoms with Gasteiger partial charge in [-0.15, -0.1) is 0 Å². The number of oxazole rings is 1. The van der Waals surface area contributed by atoms with Crippen molar-refractivity contribution in [3.05, 3.63) is 58.8 Å². The molecule has 29 heavy (non-hydrogen) atoms. The van der Waals surface area contributed by atoms with Crippen molar-refractivity contribution in [3.63, 3.8) is 0 Å². The van der Waals surface area contributed by atoms with Gasteiger partial charge in [0.25, 0.3) is 0 Å². The van der Waals surface area contributed by atoms with Gasteiger partial charge in [-0.3, -0.25) is 4.98 Å². The summed E-state index contributed by atoms with van der Waals surface area (Å²) in [5.74, 6) is 0.929. The number of H-pyrrole nitrogens is 1. The number of aryl methyl sites for hydroxylation is 1. The maximum atomic E-state index is 11.3. The van der Waals surface area contributed by atoms with Crippen LogP contribution in [0.4, 0.5) is 23.1 Å². The second-order valence-electron chi connectivity index (χ2n) is 6.16. The first-order chi connectivity index (χ1) is 14.1. The molecule has 148 valence electrons. The van der Waals surface area contributed by atoms with Gasteiger partial charge >= 0.3 is 5.76 Å². The summed E-state index contributed by atoms with van der Waals surface area (Å²) >= 11 is 0. The van der Waals surface area contributed by atoms with E-state index in [0.717, 1.165) is 11.3 Å². The highest BCUT2D eigenvalue weighted by Crippen LogP contribution is 2.23. The molecule has 0 bridgehead atoms. The number of aromatic amines is 1. The van der Waals surface area contributed by atoms with Gasteiger partial charge in [0.15, 0.2) is 5.58 Å². The summed E-state index contributed by atoms with van der Waals surface area (Å²) in [6, 6.07) is 8.73. The Morgan fingerprint density at radius 2 is 2.00 bits per heavy atom. The van der Waals surface area contributed by atoms with Crippen LogP contribution >= 0.6 is 0 Å². The molecule has 10 nitrogen and oxygen atoms in total. The van der Waals surface area contributed by atoms with Crippen molar-refractivity contribution in [2.24, 2.45) is 0 Å². The predicted octanol–water partition coefficient (Wildman–Crippen LogP) is 2.47. The molecular weight excluding hydrogens is 376 g/mol. The van der Waals surface area contributed by atoms with Crippen LogP contribution in [0.15, 0.2) is 51.9 Å². The number of hydrogen-bond acceptors (Lipinski definition) is 9. The molecule has 3 aromatic heterocycles. The van der Waals surface area contributed by atoms with Crippen molar-refractivity contribution in [2.75, 3.05) is 23.8 Å². The second kappa shape index (κ2) is 7.98. The van der Waals surface area contributed by atoms with Gasteiger partial charge in [-0.05, 0) is 31.2 Å². The van der Waals surface area contributed by atoms with Gasteiger partial charge in [-0.1, -0.05) is 0 Å². The highest BCUT2D eigenvalue weighted by molar-refractivity contribution is 5.78. The molecule has 0 amide bonds. The Labute approximate surface area is 164 Å². The molecule has 0 atom stereocenters. The van der Waals surface area contributed by atoms with E-state index >= 15 is 0 Å². The third-order valence-corrected chi connectivity index (χ3v) is 3.99. The van der Waals surface area contributed by atoms with Crippen LogP contribution in [0.1, 0.15) is 5.56 Å². The van der Waals surface area contributed by atoms with E-state index in [9.17, 15) is 4.79 Å². The molecular formula is C19H18N6O4. The summed E-state index contributed by atoms with van der Waals surface area (Å²) in [6.45, 7) is 2.01. The molecule has 0 fully saturated rings. The van der Waals surface area contributed by atoms with Crippen molar-refractivity contribution < 1.29 is 14.3 Å². The van der Waals surface area contributed by atoms with E-state index in [4.69, 9.17) is 14.3 Å². The van der Waals surface area contributed by atoms with Gasteiger partial charge in [-0.25, -0.2) is 14.8 Å². The SMILES string of the molecule is Cc1cnc(Nc2ccc(OCCO)nc2)nc1Nc1ccc2oc(=O)[nH]c2c1. The van der Waals surface area contributed by atoms with Gasteiger partial charge < -0.3 is 24.9 Å². The van der Waals surface area contributed by atoms with E-state index < -0.39 is 5.76 Å². The molecule has 1 aromatic carbocycles. The Bertz CT molecular complexity index is 1190. The molecule has 4 rings (SSSR count). The lowest BCUT2D eigenvalue weighted by Crippen LogP contribution is -2.04. The smallest absolute Gasteiger partial charge is 0.417 e. The normalized spacial score (nSPS) is 10.8. The third-order valence-electron chi connectivity index (χ3n) is 3.99. The molecule has 3 heterocycles. The fraction of sp³-hybridized carbons (Fsp3) is 0.158. The van der Waals surface area contributed by atoms with Gasteiger partial charge in [-0.2, -0.15) is 4.98 Å². The molecule has 10 heteroatoms. The van der Waals surface area contributed by atoms with Crippen molar-refractivity contribution in [1.29, 1.82) is 0 Å². The van der Waals surface area contributed by atoms with Crippen molar-refractivity contribution in [3.8, 4) is 5.88 Å². The number of nitrogens with zero attached hydrogens (tertiary/aromatic N) is 3. The Morgan fingerprint density at radius 3 is 2.79 bits per heavy atom. The first-order valence-electron chi connectivity index (χ1n) is 8.81. The zero-order chi connectivity index (χ0) is 20.2. The summed E-state index contributed by atoms with van der Waals surface area (Å²) in [5, 5.41) is 15.1. The van der Waals surface area contributed by atoms with Crippen LogP contribution in [0.5, 0.6) is 5.88 Å². The second-order valence-corrected chi connectivity index (χ2v) is 6.16. The van der Waals surface area contributed by atoms with Crippen LogP contribution in [0, 0.1) is 6.92 Å². The van der Waals surface area contributed by atoms with Crippen LogP contribution in [-0.4, -0.2) is 38.3 Å². The third kappa shape index (κ3) is 4.33. The highest BCUT2D eigenvalue weighted by atomic mass is 16.5. The standard InChI is InChI=1S/C19H18N6O4/c1-11-9-21-18(23-13-3-5-16(20-10-13)28-7-6-26)25-17(11)22-12-2-4-15-14(8-12)24-19(27)29-15/h2-5,8-10,26H,6-7H2,1H3,(H,24,27)(H2,21,22,23,25). The number of aromatic nitrogens is 4. The zero-order valence-electron chi connectivity index (χ0n) is 15.5. The summed E-state index contributed by atoms with van der Waals surface area (Å²) in [4.78, 5) is 26.9. The number of anilines is 4. The number of ether oxygens (including phenoxy) is 1. The van der Waals surface area contributed by atoms with Gasteiger partial charge in [0, 0.05) is 23.5 Å². The maximum Gasteiger partial charge on any atom is 0.417 e. The Kier molecular flexibility index (Phi) is 5.08. The minimum Gasteiger partial charge on any atom is -0.475 e. The summed E-state index contributed by atoms with van der Waals surface area (Å²) < 4.78 is 10.2. The van der Waals surface area contributed by atoms with E-state index in [1.807, 2.05) is 6.92 Å². The van der Waals surface area contributed by atoms with Crippen LogP contribution in [-0.2, 0) is 0 Å². The molecule has 0 saturated heterocycles. The topological polar surface area (TPSA) is 138 Å². The van der Waals surface area contributed by atoms with Crippen LogP contribution in [0.2, 0.25) is 0 Å². The molecule has 0 radical (unpaired) electrons. The first kappa shape index (κ1) is 18.4. The molecule has 4 N–H and O–H groups in total. The first-order valence-corrected chi connectivity index (χ1v) is 8.81. The predicted molar refractivity (Wildman–Crippen MR) is 107 cm³/mol. The van der Waals surface area contributed by atoms with E-state index in [1.54, 1.807) is 42.7 Å². The number of benzene rings is 1. The van der Waals surface area contributed by atoms with Gasteiger partial charge in [0.2, 0.25) is 11.8 Å². The number of aliphatic hydroxyl groups is 1. The Morgan fingerprint density at radius 1 is 1.14 bits per heavy atom. The lowest BCUT2D eigenvalue weighted by molar-refractivity contribution is 0.196. The Balaban J connectivity index is 1.51. The van der Waals surface area contributed by atoms with Crippen LogP contribution in [0.3, 0.4) is 0 Å². The lowest BCUT2D eigenvalue weighted by Gasteiger charge is -2.11. The molecule has 0 aliphatic rings. The highest BCUT2D eigenvalue weighted by Gasteiger charge is 2.08. The molecule has 0 aliphatic carbocycles. The minimum absolute atomic E-state index is 0.0712. The van der Waals surface area contributed by atoms with Crippen LogP contribution < -0.4 is 21.1 Å². The van der Waals surface area contributed by atoms with Gasteiger partial charge in [0.1, 0.15) is 12.4 Å². The van der Waals surface area contributed by atoms with Crippen LogP contribution in [0.25, 0.3) is 11.1 Å². The summed E-state index contributed by atoms with van der Waals surface area (Å²) in [7, 11) is 0. The Hall–Kier alpha value is -3.92. The summed E-state index contributed by atoms with van der Waals surface area (Å²) in [5.41, 5.74) is 3.37. The minimum atomic E-state index is -0.497. The average molecular weight is 394 g/mol. The zero-order valence-corrected chi connectivity index (χ0v) is 15.5. The number of nitrogens with one attached hydrogen (secondary N) is 3. The van der Waals surface area contributed by atoms with Gasteiger partial charge in [0.05, 0.1) is 24.0 Å². The fourth-order valence-electron chi connectivity index (χ4n) is 2.61. The lowest BCUT2D eigenvalue weighted by atomic mass is 10.2. The number of rotatable bonds is 7. The molecule has 0 spiro atoms. The van der Waals surface area contributed by atoms with Crippen molar-refractivity contribution >= 4 is 34.2 Å². The molecule has 0 unspecified atom stereocenters. The number of aliphatic hydroxyl groups excluding tert-OH is 1. The summed E-state index contributed by atoms with van der Waals surface area (Å²) in [6.07, 6.45) is 3.29. The number of hydrogen-bond donors (Lipinski definition) is 4. The van der Waals surface area contributed by atoms with E-state index in [1.165, 1.54) is 0 Å². The van der Waals surface area contributed by atoms with Crippen molar-refractivity contribution in [2.45, 2.75) is 6.92 Å².